The van der Waals surface area contributed by atoms with E-state index in [0.29, 0.717) is 5.92 Å². The highest BCUT2D eigenvalue weighted by Gasteiger charge is 2.27. The van der Waals surface area contributed by atoms with Crippen molar-refractivity contribution in [1.29, 1.82) is 0 Å². The van der Waals surface area contributed by atoms with Gasteiger partial charge in [-0.15, -0.1) is 0 Å². The van der Waals surface area contributed by atoms with Crippen molar-refractivity contribution in [3.05, 3.63) is 24.5 Å². The van der Waals surface area contributed by atoms with Gasteiger partial charge < -0.3 is 5.32 Å². The molecule has 0 aliphatic heterocycles. The lowest BCUT2D eigenvalue weighted by Gasteiger charge is -2.07. The quantitative estimate of drug-likeness (QED) is 0.859. The Hall–Kier alpha value is -1.98. The molecule has 0 unspecified atom stereocenters. The summed E-state index contributed by atoms with van der Waals surface area (Å²) < 4.78 is 1.66. The number of nitrogens with one attached hydrogen (secondary N) is 1. The molecule has 2 aromatic heterocycles. The molecule has 0 spiro atoms. The summed E-state index contributed by atoms with van der Waals surface area (Å²) in [5, 5.41) is 7.32. The average Bonchev–Trinajstić information content (AvgIpc) is 3.05. The molecule has 6 nitrogen and oxygen atoms in total. The summed E-state index contributed by atoms with van der Waals surface area (Å²) in [6.07, 6.45) is 5.53. The van der Waals surface area contributed by atoms with Gasteiger partial charge in [0.25, 0.3) is 0 Å². The zero-order valence-corrected chi connectivity index (χ0v) is 9.67. The third-order valence-electron chi connectivity index (χ3n) is 2.68. The number of rotatable bonds is 4. The van der Waals surface area contributed by atoms with E-state index in [1.54, 1.807) is 11.0 Å². The molecule has 0 saturated heterocycles. The summed E-state index contributed by atoms with van der Waals surface area (Å²) >= 11 is 0. The predicted molar refractivity (Wildman–Crippen MR) is 63.1 cm³/mol. The summed E-state index contributed by atoms with van der Waals surface area (Å²) in [7, 11) is 0. The van der Waals surface area contributed by atoms with Crippen LogP contribution in [0.5, 0.6) is 0 Å². The molecule has 88 valence electrons. The van der Waals surface area contributed by atoms with Crippen LogP contribution in [0.25, 0.3) is 5.82 Å². The molecule has 1 N–H and O–H groups in total. The molecule has 0 amide bonds. The zero-order valence-electron chi connectivity index (χ0n) is 9.67. The molecule has 0 atom stereocenters. The highest BCUT2D eigenvalue weighted by Crippen LogP contribution is 2.38. The standard InChI is InChI=1S/C11H14N6/c1-2-13-9-5-10(17-7-12-6-14-17)16-11(15-9)8-3-4-8/h5-8H,2-4H2,1H3,(H,13,15,16). The highest BCUT2D eigenvalue weighted by molar-refractivity contribution is 5.41. The number of anilines is 1. The predicted octanol–water partition coefficient (Wildman–Crippen LogP) is 1.37. The fraction of sp³-hybridized carbons (Fsp3) is 0.455. The highest BCUT2D eigenvalue weighted by atomic mass is 15.3. The largest absolute Gasteiger partial charge is 0.370 e. The zero-order chi connectivity index (χ0) is 11.7. The molecule has 1 fully saturated rings. The van der Waals surface area contributed by atoms with E-state index in [-0.39, 0.29) is 0 Å². The van der Waals surface area contributed by atoms with Crippen molar-refractivity contribution in [1.82, 2.24) is 24.7 Å². The molecule has 17 heavy (non-hydrogen) atoms. The van der Waals surface area contributed by atoms with Crippen LogP contribution in [-0.2, 0) is 0 Å². The van der Waals surface area contributed by atoms with E-state index < -0.39 is 0 Å². The maximum absolute atomic E-state index is 4.53. The summed E-state index contributed by atoms with van der Waals surface area (Å²) in [6.45, 7) is 2.89. The van der Waals surface area contributed by atoms with E-state index in [4.69, 9.17) is 0 Å². The first-order valence-electron chi connectivity index (χ1n) is 5.84. The van der Waals surface area contributed by atoms with Crippen LogP contribution in [-0.4, -0.2) is 31.3 Å². The Kier molecular flexibility index (Phi) is 2.47. The second kappa shape index (κ2) is 4.12. The van der Waals surface area contributed by atoms with Crippen LogP contribution in [0.1, 0.15) is 31.5 Å². The van der Waals surface area contributed by atoms with Gasteiger partial charge >= 0.3 is 0 Å². The molecule has 1 aliphatic rings. The molecular formula is C11H14N6. The summed E-state index contributed by atoms with van der Waals surface area (Å²) in [6, 6.07) is 1.89. The van der Waals surface area contributed by atoms with E-state index in [0.717, 1.165) is 24.0 Å². The Labute approximate surface area is 99.1 Å². The van der Waals surface area contributed by atoms with Crippen molar-refractivity contribution in [2.45, 2.75) is 25.7 Å². The fourth-order valence-electron chi connectivity index (χ4n) is 1.69. The minimum atomic E-state index is 0.524. The number of hydrogen-bond donors (Lipinski definition) is 1. The van der Waals surface area contributed by atoms with Gasteiger partial charge in [-0.3, -0.25) is 0 Å². The number of aromatic nitrogens is 5. The maximum atomic E-state index is 4.53. The monoisotopic (exact) mass is 230 g/mol. The summed E-state index contributed by atoms with van der Waals surface area (Å²) in [5.74, 6) is 3.06. The molecule has 2 aromatic rings. The average molecular weight is 230 g/mol. The van der Waals surface area contributed by atoms with Crippen molar-refractivity contribution in [3.63, 3.8) is 0 Å². The molecule has 0 radical (unpaired) electrons. The third-order valence-corrected chi connectivity index (χ3v) is 2.68. The molecule has 3 rings (SSSR count). The lowest BCUT2D eigenvalue weighted by atomic mass is 10.3. The second-order valence-corrected chi connectivity index (χ2v) is 4.11. The minimum absolute atomic E-state index is 0.524. The van der Waals surface area contributed by atoms with Crippen molar-refractivity contribution >= 4 is 5.82 Å². The minimum Gasteiger partial charge on any atom is -0.370 e. The first-order valence-corrected chi connectivity index (χ1v) is 5.84. The first kappa shape index (κ1) is 10.2. The van der Waals surface area contributed by atoms with Gasteiger partial charge in [-0.05, 0) is 19.8 Å². The lowest BCUT2D eigenvalue weighted by Crippen LogP contribution is -2.07. The SMILES string of the molecule is CCNc1cc(-n2cncn2)nc(C2CC2)n1. The van der Waals surface area contributed by atoms with E-state index in [1.807, 2.05) is 13.0 Å². The Morgan fingerprint density at radius 2 is 2.29 bits per heavy atom. The van der Waals surface area contributed by atoms with Crippen molar-refractivity contribution in [2.75, 3.05) is 11.9 Å². The molecule has 0 aromatic carbocycles. The van der Waals surface area contributed by atoms with Gasteiger partial charge in [0.1, 0.15) is 24.3 Å². The van der Waals surface area contributed by atoms with Gasteiger partial charge in [-0.25, -0.2) is 19.6 Å². The van der Waals surface area contributed by atoms with Crippen LogP contribution in [0.15, 0.2) is 18.7 Å². The fourth-order valence-corrected chi connectivity index (χ4v) is 1.69. The van der Waals surface area contributed by atoms with Gasteiger partial charge in [0, 0.05) is 18.5 Å². The van der Waals surface area contributed by atoms with Crippen LogP contribution < -0.4 is 5.32 Å². The number of hydrogen-bond acceptors (Lipinski definition) is 5. The summed E-state index contributed by atoms with van der Waals surface area (Å²) in [5.41, 5.74) is 0. The van der Waals surface area contributed by atoms with Crippen LogP contribution in [0.4, 0.5) is 5.82 Å². The molecule has 2 heterocycles. The van der Waals surface area contributed by atoms with Crippen molar-refractivity contribution < 1.29 is 0 Å². The molecule has 1 aliphatic carbocycles. The van der Waals surface area contributed by atoms with Crippen LogP contribution in [0.3, 0.4) is 0 Å². The molecule has 0 bridgehead atoms. The van der Waals surface area contributed by atoms with E-state index in [2.05, 4.69) is 25.4 Å². The maximum Gasteiger partial charge on any atom is 0.161 e. The van der Waals surface area contributed by atoms with Gasteiger partial charge in [0.05, 0.1) is 0 Å². The second-order valence-electron chi connectivity index (χ2n) is 4.11. The summed E-state index contributed by atoms with van der Waals surface area (Å²) in [4.78, 5) is 13.0. The molecule has 6 heteroatoms. The van der Waals surface area contributed by atoms with Gasteiger partial charge in [0.15, 0.2) is 5.82 Å². The van der Waals surface area contributed by atoms with Gasteiger partial charge in [0.2, 0.25) is 0 Å². The van der Waals surface area contributed by atoms with Crippen LogP contribution in [0.2, 0.25) is 0 Å². The topological polar surface area (TPSA) is 68.5 Å². The van der Waals surface area contributed by atoms with E-state index in [9.17, 15) is 0 Å². The van der Waals surface area contributed by atoms with Crippen LogP contribution in [0, 0.1) is 0 Å². The Morgan fingerprint density at radius 3 is 2.94 bits per heavy atom. The Balaban J connectivity index is 2.01. The van der Waals surface area contributed by atoms with E-state index >= 15 is 0 Å². The van der Waals surface area contributed by atoms with Gasteiger partial charge in [-0.1, -0.05) is 0 Å². The molecular weight excluding hydrogens is 216 g/mol. The normalized spacial score (nSPS) is 14.9. The van der Waals surface area contributed by atoms with Crippen molar-refractivity contribution in [3.8, 4) is 5.82 Å². The Bertz CT molecular complexity index is 503. The van der Waals surface area contributed by atoms with E-state index in [1.165, 1.54) is 19.2 Å². The third kappa shape index (κ3) is 2.11. The van der Waals surface area contributed by atoms with Crippen molar-refractivity contribution in [2.24, 2.45) is 0 Å². The number of nitrogens with zero attached hydrogens (tertiary/aromatic N) is 5. The van der Waals surface area contributed by atoms with Crippen LogP contribution >= 0.6 is 0 Å². The molecule has 1 saturated carbocycles. The smallest absolute Gasteiger partial charge is 0.161 e. The Morgan fingerprint density at radius 1 is 1.41 bits per heavy atom. The van der Waals surface area contributed by atoms with Gasteiger partial charge in [-0.2, -0.15) is 5.10 Å². The first-order chi connectivity index (χ1) is 8.36. The lowest BCUT2D eigenvalue weighted by molar-refractivity contribution is 0.808.